The quantitative estimate of drug-likeness (QED) is 0.725. The van der Waals surface area contributed by atoms with Crippen LogP contribution in [-0.4, -0.2) is 57.0 Å². The highest BCUT2D eigenvalue weighted by Gasteiger charge is 2.22. The van der Waals surface area contributed by atoms with Gasteiger partial charge in [-0.05, 0) is 25.2 Å². The number of ether oxygens (including phenoxy) is 1. The van der Waals surface area contributed by atoms with Gasteiger partial charge in [0.2, 0.25) is 10.0 Å². The Morgan fingerprint density at radius 3 is 2.81 bits per heavy atom. The molecule has 0 aromatic carbocycles. The lowest BCUT2D eigenvalue weighted by Gasteiger charge is -2.26. The minimum atomic E-state index is -3.20. The fourth-order valence-electron chi connectivity index (χ4n) is 1.83. The number of aliphatic hydroxyl groups excluding tert-OH is 1. The van der Waals surface area contributed by atoms with Crippen molar-refractivity contribution in [1.29, 1.82) is 0 Å². The van der Waals surface area contributed by atoms with Crippen LogP contribution in [0, 0.1) is 5.92 Å². The standard InChI is InChI=1S/C10H21NO4S/c1-11(16(13,14)7-3-5-12)8-10-4-2-6-15-9-10/h10,12H,2-9H2,1H3. The number of sulfonamides is 1. The summed E-state index contributed by atoms with van der Waals surface area (Å²) in [6.07, 6.45) is 2.34. The summed E-state index contributed by atoms with van der Waals surface area (Å²) in [7, 11) is -1.61. The summed E-state index contributed by atoms with van der Waals surface area (Å²) in [5.41, 5.74) is 0. The van der Waals surface area contributed by atoms with Gasteiger partial charge < -0.3 is 9.84 Å². The monoisotopic (exact) mass is 251 g/mol. The molecule has 1 atom stereocenters. The molecular weight excluding hydrogens is 230 g/mol. The second-order valence-corrected chi connectivity index (χ2v) is 6.45. The van der Waals surface area contributed by atoms with Gasteiger partial charge in [0.05, 0.1) is 12.4 Å². The van der Waals surface area contributed by atoms with Gasteiger partial charge in [-0.25, -0.2) is 12.7 Å². The molecule has 1 fully saturated rings. The zero-order valence-corrected chi connectivity index (χ0v) is 10.6. The molecule has 0 radical (unpaired) electrons. The van der Waals surface area contributed by atoms with Crippen molar-refractivity contribution >= 4 is 10.0 Å². The average molecular weight is 251 g/mol. The van der Waals surface area contributed by atoms with Crippen LogP contribution in [0.4, 0.5) is 0 Å². The second-order valence-electron chi connectivity index (χ2n) is 4.26. The summed E-state index contributed by atoms with van der Waals surface area (Å²) in [5.74, 6) is 0.329. The maximum atomic E-state index is 11.7. The molecule has 1 unspecified atom stereocenters. The van der Waals surface area contributed by atoms with Gasteiger partial charge in [-0.15, -0.1) is 0 Å². The largest absolute Gasteiger partial charge is 0.396 e. The van der Waals surface area contributed by atoms with Crippen molar-refractivity contribution in [3.8, 4) is 0 Å². The molecular formula is C10H21NO4S. The van der Waals surface area contributed by atoms with Crippen LogP contribution in [0.3, 0.4) is 0 Å². The lowest BCUT2D eigenvalue weighted by atomic mass is 10.0. The number of nitrogens with zero attached hydrogens (tertiary/aromatic N) is 1. The van der Waals surface area contributed by atoms with E-state index in [9.17, 15) is 8.42 Å². The van der Waals surface area contributed by atoms with Gasteiger partial charge in [0.15, 0.2) is 0 Å². The molecule has 1 saturated heterocycles. The summed E-state index contributed by atoms with van der Waals surface area (Å²) < 4.78 is 30.2. The molecule has 0 spiro atoms. The zero-order chi connectivity index (χ0) is 12.0. The number of hydrogen-bond acceptors (Lipinski definition) is 4. The Bertz CT molecular complexity index is 285. The first kappa shape index (κ1) is 13.9. The van der Waals surface area contributed by atoms with E-state index in [0.29, 0.717) is 25.5 Å². The van der Waals surface area contributed by atoms with Gasteiger partial charge in [0, 0.05) is 26.8 Å². The summed E-state index contributed by atoms with van der Waals surface area (Å²) >= 11 is 0. The fourth-order valence-corrected chi connectivity index (χ4v) is 3.07. The van der Waals surface area contributed by atoms with Crippen LogP contribution in [0.15, 0.2) is 0 Å². The van der Waals surface area contributed by atoms with Gasteiger partial charge in [0.25, 0.3) is 0 Å². The van der Waals surface area contributed by atoms with Crippen molar-refractivity contribution in [2.75, 3.05) is 39.2 Å². The fraction of sp³-hybridized carbons (Fsp3) is 1.00. The molecule has 0 bridgehead atoms. The zero-order valence-electron chi connectivity index (χ0n) is 9.76. The van der Waals surface area contributed by atoms with E-state index in [0.717, 1.165) is 19.4 Å². The van der Waals surface area contributed by atoms with E-state index < -0.39 is 10.0 Å². The first-order valence-corrected chi connectivity index (χ1v) is 7.30. The number of aliphatic hydroxyl groups is 1. The molecule has 0 aromatic heterocycles. The molecule has 1 aliphatic heterocycles. The van der Waals surface area contributed by atoms with Crippen LogP contribution < -0.4 is 0 Å². The van der Waals surface area contributed by atoms with Crippen molar-refractivity contribution in [3.63, 3.8) is 0 Å². The van der Waals surface area contributed by atoms with E-state index in [-0.39, 0.29) is 12.4 Å². The Kier molecular flexibility index (Phi) is 5.68. The molecule has 0 aromatic rings. The Morgan fingerprint density at radius 2 is 2.25 bits per heavy atom. The SMILES string of the molecule is CN(CC1CCCOC1)S(=O)(=O)CCCO. The van der Waals surface area contributed by atoms with E-state index in [1.807, 2.05) is 0 Å². The highest BCUT2D eigenvalue weighted by atomic mass is 32.2. The van der Waals surface area contributed by atoms with Crippen molar-refractivity contribution in [3.05, 3.63) is 0 Å². The molecule has 1 N–H and O–H groups in total. The molecule has 96 valence electrons. The topological polar surface area (TPSA) is 66.8 Å². The van der Waals surface area contributed by atoms with Gasteiger partial charge in [0.1, 0.15) is 0 Å². The number of hydrogen-bond donors (Lipinski definition) is 1. The molecule has 1 heterocycles. The van der Waals surface area contributed by atoms with E-state index in [1.165, 1.54) is 4.31 Å². The van der Waals surface area contributed by atoms with Gasteiger partial charge in [-0.2, -0.15) is 0 Å². The normalized spacial score (nSPS) is 22.6. The maximum Gasteiger partial charge on any atom is 0.213 e. The van der Waals surface area contributed by atoms with Crippen molar-refractivity contribution in [2.24, 2.45) is 5.92 Å². The van der Waals surface area contributed by atoms with Crippen molar-refractivity contribution in [1.82, 2.24) is 4.31 Å². The van der Waals surface area contributed by atoms with E-state index in [4.69, 9.17) is 9.84 Å². The highest BCUT2D eigenvalue weighted by Crippen LogP contribution is 2.16. The average Bonchev–Trinajstić information content (AvgIpc) is 2.28. The van der Waals surface area contributed by atoms with E-state index in [1.54, 1.807) is 7.05 Å². The smallest absolute Gasteiger partial charge is 0.213 e. The Labute approximate surface area is 97.4 Å². The summed E-state index contributed by atoms with van der Waals surface area (Å²) in [6, 6.07) is 0. The minimum Gasteiger partial charge on any atom is -0.396 e. The third kappa shape index (κ3) is 4.37. The molecule has 0 saturated carbocycles. The highest BCUT2D eigenvalue weighted by molar-refractivity contribution is 7.89. The molecule has 1 rings (SSSR count). The van der Waals surface area contributed by atoms with Crippen LogP contribution in [0.2, 0.25) is 0 Å². The van der Waals surface area contributed by atoms with Crippen LogP contribution in [0.1, 0.15) is 19.3 Å². The molecule has 0 aliphatic carbocycles. The molecule has 5 nitrogen and oxygen atoms in total. The number of rotatable bonds is 6. The van der Waals surface area contributed by atoms with Gasteiger partial charge in [-0.3, -0.25) is 0 Å². The van der Waals surface area contributed by atoms with Crippen LogP contribution in [0.25, 0.3) is 0 Å². The van der Waals surface area contributed by atoms with Gasteiger partial charge >= 0.3 is 0 Å². The Balaban J connectivity index is 2.40. The lowest BCUT2D eigenvalue weighted by Crippen LogP contribution is -2.36. The van der Waals surface area contributed by atoms with Crippen molar-refractivity contribution < 1.29 is 18.3 Å². The molecule has 0 amide bonds. The maximum absolute atomic E-state index is 11.7. The third-order valence-corrected chi connectivity index (χ3v) is 4.71. The Morgan fingerprint density at radius 1 is 1.50 bits per heavy atom. The van der Waals surface area contributed by atoms with Crippen molar-refractivity contribution in [2.45, 2.75) is 19.3 Å². The predicted molar refractivity (Wildman–Crippen MR) is 61.7 cm³/mol. The van der Waals surface area contributed by atoms with Crippen LogP contribution in [0.5, 0.6) is 0 Å². The lowest BCUT2D eigenvalue weighted by molar-refractivity contribution is 0.0495. The third-order valence-electron chi connectivity index (χ3n) is 2.81. The summed E-state index contributed by atoms with van der Waals surface area (Å²) in [6.45, 7) is 1.88. The van der Waals surface area contributed by atoms with E-state index in [2.05, 4.69) is 0 Å². The first-order chi connectivity index (χ1) is 7.56. The van der Waals surface area contributed by atoms with Crippen LogP contribution in [-0.2, 0) is 14.8 Å². The van der Waals surface area contributed by atoms with Crippen LogP contribution >= 0.6 is 0 Å². The molecule has 6 heteroatoms. The molecule has 1 aliphatic rings. The summed E-state index contributed by atoms with van der Waals surface area (Å²) in [4.78, 5) is 0. The van der Waals surface area contributed by atoms with Gasteiger partial charge in [-0.1, -0.05) is 0 Å². The minimum absolute atomic E-state index is 0.0214. The Hall–Kier alpha value is -0.170. The predicted octanol–water partition coefficient (Wildman–Crippen LogP) is 0.0570. The summed E-state index contributed by atoms with van der Waals surface area (Å²) in [5, 5.41) is 8.63. The first-order valence-electron chi connectivity index (χ1n) is 5.69. The van der Waals surface area contributed by atoms with E-state index >= 15 is 0 Å². The molecule has 16 heavy (non-hydrogen) atoms. The second kappa shape index (κ2) is 6.54.